The van der Waals surface area contributed by atoms with Crippen LogP contribution in [0.3, 0.4) is 0 Å². The van der Waals surface area contributed by atoms with Crippen molar-refractivity contribution in [3.05, 3.63) is 53.2 Å². The summed E-state index contributed by atoms with van der Waals surface area (Å²) in [6.07, 6.45) is 1.56. The summed E-state index contributed by atoms with van der Waals surface area (Å²) >= 11 is 5.76. The second-order valence-corrected chi connectivity index (χ2v) is 4.08. The highest BCUT2D eigenvalue weighted by Crippen LogP contribution is 2.17. The molecule has 2 aromatic rings. The van der Waals surface area contributed by atoms with Crippen LogP contribution < -0.4 is 10.6 Å². The van der Waals surface area contributed by atoms with Crippen LogP contribution >= 0.6 is 11.6 Å². The largest absolute Gasteiger partial charge is 0.355 e. The zero-order chi connectivity index (χ0) is 13.0. The molecule has 1 aromatic heterocycles. The molecule has 0 aliphatic heterocycles. The van der Waals surface area contributed by atoms with Gasteiger partial charge < -0.3 is 10.6 Å². The first-order valence-corrected chi connectivity index (χ1v) is 5.77. The summed E-state index contributed by atoms with van der Waals surface area (Å²) in [5.74, 6) is 0.552. The van der Waals surface area contributed by atoms with Crippen molar-refractivity contribution in [2.75, 3.05) is 12.4 Å². The van der Waals surface area contributed by atoms with Gasteiger partial charge in [-0.25, -0.2) is 4.98 Å². The molecule has 5 heteroatoms. The number of benzene rings is 1. The number of amides is 1. The molecule has 1 aromatic carbocycles. The minimum Gasteiger partial charge on any atom is -0.355 e. The fraction of sp³-hybridized carbons (Fsp3) is 0.0769. The first-order valence-electron chi connectivity index (χ1n) is 5.40. The number of carbonyl (C=O) groups excluding carboxylic acids is 1. The highest BCUT2D eigenvalue weighted by Gasteiger charge is 2.03. The minimum absolute atomic E-state index is 0.122. The number of aromatic nitrogens is 1. The summed E-state index contributed by atoms with van der Waals surface area (Å²) in [5, 5.41) is 6.26. The number of hydrogen-bond acceptors (Lipinski definition) is 3. The van der Waals surface area contributed by atoms with Gasteiger partial charge in [-0.2, -0.15) is 0 Å². The van der Waals surface area contributed by atoms with Gasteiger partial charge in [-0.3, -0.25) is 4.79 Å². The van der Waals surface area contributed by atoms with Crippen LogP contribution in [-0.4, -0.2) is 17.9 Å². The smallest absolute Gasteiger partial charge is 0.251 e. The normalized spacial score (nSPS) is 9.89. The van der Waals surface area contributed by atoms with Gasteiger partial charge in [0.15, 0.2) is 0 Å². The van der Waals surface area contributed by atoms with Crippen LogP contribution in [0.25, 0.3) is 0 Å². The van der Waals surface area contributed by atoms with E-state index in [2.05, 4.69) is 15.6 Å². The van der Waals surface area contributed by atoms with Crippen molar-refractivity contribution in [1.82, 2.24) is 10.3 Å². The van der Waals surface area contributed by atoms with E-state index in [1.54, 1.807) is 37.5 Å². The van der Waals surface area contributed by atoms with Crippen LogP contribution in [0.5, 0.6) is 0 Å². The molecule has 2 rings (SSSR count). The maximum atomic E-state index is 11.5. The fourth-order valence-corrected chi connectivity index (χ4v) is 1.59. The van der Waals surface area contributed by atoms with Gasteiger partial charge in [-0.1, -0.05) is 17.7 Å². The number of nitrogens with zero attached hydrogens (tertiary/aromatic N) is 1. The molecule has 0 aliphatic carbocycles. The van der Waals surface area contributed by atoms with E-state index < -0.39 is 0 Å². The molecule has 0 saturated heterocycles. The first-order chi connectivity index (χ1) is 8.69. The van der Waals surface area contributed by atoms with Crippen molar-refractivity contribution in [2.45, 2.75) is 0 Å². The van der Waals surface area contributed by atoms with E-state index in [9.17, 15) is 4.79 Å². The van der Waals surface area contributed by atoms with E-state index in [1.165, 1.54) is 0 Å². The van der Waals surface area contributed by atoms with Gasteiger partial charge in [-0.15, -0.1) is 0 Å². The lowest BCUT2D eigenvalue weighted by atomic mass is 10.2. The molecule has 0 saturated carbocycles. The first kappa shape index (κ1) is 12.4. The van der Waals surface area contributed by atoms with Crippen molar-refractivity contribution in [3.63, 3.8) is 0 Å². The molecule has 0 bridgehead atoms. The van der Waals surface area contributed by atoms with Crippen LogP contribution in [-0.2, 0) is 0 Å². The summed E-state index contributed by atoms with van der Waals surface area (Å²) in [6, 6.07) is 10.7. The quantitative estimate of drug-likeness (QED) is 0.893. The molecular formula is C13H12ClN3O. The second kappa shape index (κ2) is 5.51. The fourth-order valence-electron chi connectivity index (χ4n) is 1.48. The maximum Gasteiger partial charge on any atom is 0.251 e. The maximum absolute atomic E-state index is 11.5. The minimum atomic E-state index is -0.122. The second-order valence-electron chi connectivity index (χ2n) is 3.65. The van der Waals surface area contributed by atoms with Gasteiger partial charge >= 0.3 is 0 Å². The Morgan fingerprint density at radius 3 is 2.78 bits per heavy atom. The number of carbonyl (C=O) groups is 1. The Hall–Kier alpha value is -2.07. The predicted molar refractivity (Wildman–Crippen MR) is 72.4 cm³/mol. The number of pyridine rings is 1. The van der Waals surface area contributed by atoms with Crippen molar-refractivity contribution in [1.29, 1.82) is 0 Å². The Morgan fingerprint density at radius 2 is 2.11 bits per heavy atom. The number of rotatable bonds is 3. The van der Waals surface area contributed by atoms with Crippen LogP contribution in [0.4, 0.5) is 11.5 Å². The van der Waals surface area contributed by atoms with E-state index in [0.717, 1.165) is 5.69 Å². The van der Waals surface area contributed by atoms with Crippen LogP contribution in [0.1, 0.15) is 10.4 Å². The molecule has 0 spiro atoms. The summed E-state index contributed by atoms with van der Waals surface area (Å²) in [5.41, 5.74) is 1.39. The molecule has 0 fully saturated rings. The van der Waals surface area contributed by atoms with Crippen LogP contribution in [0, 0.1) is 0 Å². The van der Waals surface area contributed by atoms with Gasteiger partial charge in [0.1, 0.15) is 5.82 Å². The van der Waals surface area contributed by atoms with Crippen LogP contribution in [0.2, 0.25) is 5.02 Å². The number of nitrogens with one attached hydrogen (secondary N) is 2. The SMILES string of the molecule is CNC(=O)c1cccc(Nc2ccc(Cl)cn2)c1. The molecule has 1 heterocycles. The molecular weight excluding hydrogens is 250 g/mol. The van der Waals surface area contributed by atoms with E-state index in [4.69, 9.17) is 11.6 Å². The third-order valence-corrected chi connectivity index (χ3v) is 2.58. The standard InChI is InChI=1S/C13H12ClN3O/c1-15-13(18)9-3-2-4-11(7-9)17-12-6-5-10(14)8-16-12/h2-8H,1H3,(H,15,18)(H,16,17). The monoisotopic (exact) mass is 261 g/mol. The third kappa shape index (κ3) is 2.99. The number of halogens is 1. The molecule has 4 nitrogen and oxygen atoms in total. The average molecular weight is 262 g/mol. The average Bonchev–Trinajstić information content (AvgIpc) is 2.41. The Kier molecular flexibility index (Phi) is 3.79. The lowest BCUT2D eigenvalue weighted by Crippen LogP contribution is -2.17. The molecule has 0 unspecified atom stereocenters. The molecule has 1 amide bonds. The van der Waals surface area contributed by atoms with Gasteiger partial charge in [0.2, 0.25) is 0 Å². The van der Waals surface area contributed by atoms with Crippen molar-refractivity contribution in [3.8, 4) is 0 Å². The third-order valence-electron chi connectivity index (χ3n) is 2.35. The highest BCUT2D eigenvalue weighted by molar-refractivity contribution is 6.30. The number of hydrogen-bond donors (Lipinski definition) is 2. The van der Waals surface area contributed by atoms with Gasteiger partial charge in [0, 0.05) is 24.5 Å². The topological polar surface area (TPSA) is 54.0 Å². The van der Waals surface area contributed by atoms with E-state index in [0.29, 0.717) is 16.4 Å². The Morgan fingerprint density at radius 1 is 1.28 bits per heavy atom. The van der Waals surface area contributed by atoms with E-state index in [-0.39, 0.29) is 5.91 Å². The highest BCUT2D eigenvalue weighted by atomic mass is 35.5. The molecule has 2 N–H and O–H groups in total. The zero-order valence-corrected chi connectivity index (χ0v) is 10.5. The van der Waals surface area contributed by atoms with Crippen molar-refractivity contribution < 1.29 is 4.79 Å². The Balaban J connectivity index is 2.19. The molecule has 0 aliphatic rings. The van der Waals surface area contributed by atoms with Gasteiger partial charge in [0.25, 0.3) is 5.91 Å². The van der Waals surface area contributed by atoms with Crippen molar-refractivity contribution >= 4 is 29.0 Å². The number of anilines is 2. The Labute approximate surface area is 110 Å². The summed E-state index contributed by atoms with van der Waals surface area (Å²) in [7, 11) is 1.60. The van der Waals surface area contributed by atoms with Gasteiger partial charge in [0.05, 0.1) is 5.02 Å². The summed E-state index contributed by atoms with van der Waals surface area (Å²) in [4.78, 5) is 15.6. The summed E-state index contributed by atoms with van der Waals surface area (Å²) in [6.45, 7) is 0. The molecule has 0 radical (unpaired) electrons. The molecule has 18 heavy (non-hydrogen) atoms. The molecule has 92 valence electrons. The van der Waals surface area contributed by atoms with E-state index >= 15 is 0 Å². The zero-order valence-electron chi connectivity index (χ0n) is 9.77. The van der Waals surface area contributed by atoms with E-state index in [1.807, 2.05) is 12.1 Å². The predicted octanol–water partition coefficient (Wildman–Crippen LogP) is 2.84. The Bertz CT molecular complexity index is 554. The van der Waals surface area contributed by atoms with Crippen molar-refractivity contribution in [2.24, 2.45) is 0 Å². The van der Waals surface area contributed by atoms with Crippen LogP contribution in [0.15, 0.2) is 42.6 Å². The molecule has 0 atom stereocenters. The lowest BCUT2D eigenvalue weighted by molar-refractivity contribution is 0.0963. The van der Waals surface area contributed by atoms with Gasteiger partial charge in [-0.05, 0) is 30.3 Å². The lowest BCUT2D eigenvalue weighted by Gasteiger charge is -2.07. The summed E-state index contributed by atoms with van der Waals surface area (Å²) < 4.78 is 0.